The highest BCUT2D eigenvalue weighted by Crippen LogP contribution is 2.27. The lowest BCUT2D eigenvalue weighted by Crippen LogP contribution is -2.19. The summed E-state index contributed by atoms with van der Waals surface area (Å²) in [7, 11) is 1.87. The minimum atomic E-state index is -1.02. The Labute approximate surface area is 115 Å². The lowest BCUT2D eigenvalue weighted by atomic mass is 10.1. The summed E-state index contributed by atoms with van der Waals surface area (Å²) in [6.07, 6.45) is 0. The lowest BCUT2D eigenvalue weighted by molar-refractivity contribution is 0.0698. The molecule has 0 aliphatic carbocycles. The van der Waals surface area contributed by atoms with Crippen LogP contribution in [0.3, 0.4) is 0 Å². The van der Waals surface area contributed by atoms with Crippen molar-refractivity contribution in [2.45, 2.75) is 13.5 Å². The number of carbonyl (C=O) groups is 1. The minimum absolute atomic E-state index is 0.124. The van der Waals surface area contributed by atoms with Gasteiger partial charge in [0, 0.05) is 12.4 Å². The van der Waals surface area contributed by atoms with E-state index in [1.807, 2.05) is 24.3 Å². The Morgan fingerprint density at radius 2 is 2.26 bits per heavy atom. The van der Waals surface area contributed by atoms with Gasteiger partial charge in [-0.25, -0.2) is 9.78 Å². The average molecular weight is 277 g/mol. The summed E-state index contributed by atoms with van der Waals surface area (Å²) in [6.45, 7) is 2.55. The number of benzene rings is 1. The number of nitrogens with two attached hydrogens (primary N) is 1. The molecule has 0 bridgehead atoms. The first kappa shape index (κ1) is 13.4. The van der Waals surface area contributed by atoms with Gasteiger partial charge in [0.1, 0.15) is 0 Å². The fourth-order valence-electron chi connectivity index (χ4n) is 1.88. The second kappa shape index (κ2) is 5.27. The molecule has 0 fully saturated rings. The first-order chi connectivity index (χ1) is 8.99. The Morgan fingerprint density at radius 3 is 2.84 bits per heavy atom. The molecule has 0 unspecified atom stereocenters. The lowest BCUT2D eigenvalue weighted by Gasteiger charge is -2.20. The fraction of sp³-hybridized carbons (Fsp3) is 0.231. The highest BCUT2D eigenvalue weighted by molar-refractivity contribution is 7.09. The molecule has 0 aliphatic heterocycles. The molecule has 1 aromatic heterocycles. The highest BCUT2D eigenvalue weighted by Gasteiger charge is 2.14. The molecule has 100 valence electrons. The molecule has 0 radical (unpaired) electrons. The molecule has 0 saturated heterocycles. The van der Waals surface area contributed by atoms with E-state index in [0.717, 1.165) is 10.7 Å². The van der Waals surface area contributed by atoms with Crippen LogP contribution in [0.25, 0.3) is 0 Å². The maximum atomic E-state index is 11.0. The number of carboxylic acid groups (broad SMARTS) is 1. The Morgan fingerprint density at radius 1 is 1.53 bits per heavy atom. The maximum Gasteiger partial charge on any atom is 0.337 e. The van der Waals surface area contributed by atoms with Gasteiger partial charge < -0.3 is 15.7 Å². The van der Waals surface area contributed by atoms with Crippen molar-refractivity contribution in [3.63, 3.8) is 0 Å². The first-order valence-electron chi connectivity index (χ1n) is 5.73. The van der Waals surface area contributed by atoms with E-state index in [-0.39, 0.29) is 11.3 Å². The molecule has 0 aliphatic rings. The zero-order chi connectivity index (χ0) is 14.0. The number of rotatable bonds is 4. The summed E-state index contributed by atoms with van der Waals surface area (Å²) in [5, 5.41) is 12.1. The molecule has 2 aromatic rings. The SMILES string of the molecule is Cc1nc(CN(C)c2cccc(C(=O)O)c2N)cs1. The van der Waals surface area contributed by atoms with Crippen molar-refractivity contribution in [3.05, 3.63) is 39.8 Å². The highest BCUT2D eigenvalue weighted by atomic mass is 32.1. The number of nitrogens with zero attached hydrogens (tertiary/aromatic N) is 2. The van der Waals surface area contributed by atoms with Crippen LogP contribution in [0.15, 0.2) is 23.6 Å². The zero-order valence-electron chi connectivity index (χ0n) is 10.8. The summed E-state index contributed by atoms with van der Waals surface area (Å²) in [5.74, 6) is -1.02. The van der Waals surface area contributed by atoms with Gasteiger partial charge >= 0.3 is 5.97 Å². The largest absolute Gasteiger partial charge is 0.478 e. The molecule has 6 heteroatoms. The first-order valence-corrected chi connectivity index (χ1v) is 6.61. The number of nitrogen functional groups attached to an aromatic ring is 1. The number of aromatic nitrogens is 1. The van der Waals surface area contributed by atoms with Crippen LogP contribution in [-0.4, -0.2) is 23.1 Å². The van der Waals surface area contributed by atoms with Crippen LogP contribution in [0, 0.1) is 6.92 Å². The smallest absolute Gasteiger partial charge is 0.337 e. The normalized spacial score (nSPS) is 10.4. The average Bonchev–Trinajstić information content (AvgIpc) is 2.74. The molecule has 2 rings (SSSR count). The quantitative estimate of drug-likeness (QED) is 0.839. The number of hydrogen-bond acceptors (Lipinski definition) is 5. The number of aryl methyl sites for hydroxylation is 1. The third-order valence-electron chi connectivity index (χ3n) is 2.79. The van der Waals surface area contributed by atoms with Crippen LogP contribution < -0.4 is 10.6 Å². The van der Waals surface area contributed by atoms with Gasteiger partial charge in [0.15, 0.2) is 0 Å². The Kier molecular flexibility index (Phi) is 3.71. The summed E-state index contributed by atoms with van der Waals surface area (Å²) in [5.41, 5.74) is 7.96. The predicted octanol–water partition coefficient (Wildman–Crippen LogP) is 2.37. The maximum absolute atomic E-state index is 11.0. The number of hydrogen-bond donors (Lipinski definition) is 2. The van der Waals surface area contributed by atoms with E-state index in [1.54, 1.807) is 23.5 Å². The predicted molar refractivity (Wildman–Crippen MR) is 76.8 cm³/mol. The van der Waals surface area contributed by atoms with E-state index < -0.39 is 5.97 Å². The molecule has 0 atom stereocenters. The van der Waals surface area contributed by atoms with Crippen molar-refractivity contribution < 1.29 is 9.90 Å². The molecule has 0 amide bonds. The van der Waals surface area contributed by atoms with E-state index in [4.69, 9.17) is 10.8 Å². The van der Waals surface area contributed by atoms with Gasteiger partial charge in [-0.1, -0.05) is 6.07 Å². The third-order valence-corrected chi connectivity index (χ3v) is 3.61. The van der Waals surface area contributed by atoms with Crippen LogP contribution >= 0.6 is 11.3 Å². The Hall–Kier alpha value is -2.08. The van der Waals surface area contributed by atoms with Crippen LogP contribution in [0.2, 0.25) is 0 Å². The van der Waals surface area contributed by atoms with Crippen molar-refractivity contribution in [1.82, 2.24) is 4.98 Å². The van der Waals surface area contributed by atoms with Crippen molar-refractivity contribution in [3.8, 4) is 0 Å². The monoisotopic (exact) mass is 277 g/mol. The van der Waals surface area contributed by atoms with E-state index in [0.29, 0.717) is 12.2 Å². The Balaban J connectivity index is 2.26. The van der Waals surface area contributed by atoms with Crippen molar-refractivity contribution in [2.75, 3.05) is 17.7 Å². The van der Waals surface area contributed by atoms with E-state index in [9.17, 15) is 4.79 Å². The van der Waals surface area contributed by atoms with Crippen LogP contribution in [-0.2, 0) is 6.54 Å². The van der Waals surface area contributed by atoms with Crippen molar-refractivity contribution in [2.24, 2.45) is 0 Å². The van der Waals surface area contributed by atoms with Gasteiger partial charge in [0.2, 0.25) is 0 Å². The standard InChI is InChI=1S/C13H15N3O2S/c1-8-15-9(7-19-8)6-16(2)11-5-3-4-10(12(11)14)13(17)18/h3-5,7H,6,14H2,1-2H3,(H,17,18). The molecule has 19 heavy (non-hydrogen) atoms. The van der Waals surface area contributed by atoms with Gasteiger partial charge in [0.25, 0.3) is 0 Å². The molecular weight excluding hydrogens is 262 g/mol. The van der Waals surface area contributed by atoms with E-state index in [2.05, 4.69) is 4.98 Å². The van der Waals surface area contributed by atoms with Crippen LogP contribution in [0.4, 0.5) is 11.4 Å². The number of anilines is 2. The minimum Gasteiger partial charge on any atom is -0.478 e. The van der Waals surface area contributed by atoms with Crippen molar-refractivity contribution >= 4 is 28.7 Å². The van der Waals surface area contributed by atoms with Gasteiger partial charge in [-0.15, -0.1) is 11.3 Å². The number of thiazole rings is 1. The molecule has 1 aromatic carbocycles. The molecule has 0 spiro atoms. The molecule has 5 nitrogen and oxygen atoms in total. The number of para-hydroxylation sites is 1. The molecule has 1 heterocycles. The van der Waals surface area contributed by atoms with E-state index >= 15 is 0 Å². The summed E-state index contributed by atoms with van der Waals surface area (Å²) in [4.78, 5) is 17.3. The number of aromatic carboxylic acids is 1. The topological polar surface area (TPSA) is 79.5 Å². The van der Waals surface area contributed by atoms with Gasteiger partial charge in [-0.2, -0.15) is 0 Å². The molecule has 0 saturated carbocycles. The van der Waals surface area contributed by atoms with Crippen LogP contribution in [0.1, 0.15) is 21.1 Å². The second-order valence-corrected chi connectivity index (χ2v) is 5.32. The second-order valence-electron chi connectivity index (χ2n) is 4.26. The van der Waals surface area contributed by atoms with E-state index in [1.165, 1.54) is 6.07 Å². The summed E-state index contributed by atoms with van der Waals surface area (Å²) < 4.78 is 0. The fourth-order valence-corrected chi connectivity index (χ4v) is 2.49. The van der Waals surface area contributed by atoms with Gasteiger partial charge in [0.05, 0.1) is 34.2 Å². The third kappa shape index (κ3) is 2.85. The summed E-state index contributed by atoms with van der Waals surface area (Å²) >= 11 is 1.59. The van der Waals surface area contributed by atoms with Gasteiger partial charge in [-0.3, -0.25) is 0 Å². The molecule has 3 N–H and O–H groups in total. The van der Waals surface area contributed by atoms with Crippen molar-refractivity contribution in [1.29, 1.82) is 0 Å². The molecular formula is C13H15N3O2S. The zero-order valence-corrected chi connectivity index (χ0v) is 11.6. The van der Waals surface area contributed by atoms with Crippen LogP contribution in [0.5, 0.6) is 0 Å². The van der Waals surface area contributed by atoms with Gasteiger partial charge in [-0.05, 0) is 19.1 Å². The summed E-state index contributed by atoms with van der Waals surface area (Å²) in [6, 6.07) is 5.00. The Bertz CT molecular complexity index is 610. The number of carboxylic acids is 1.